The summed E-state index contributed by atoms with van der Waals surface area (Å²) < 4.78 is 15.7. The molecule has 5 heteroatoms. The molecule has 1 N–H and O–H groups in total. The number of para-hydroxylation sites is 1. The fourth-order valence-corrected chi connectivity index (χ4v) is 3.90. The summed E-state index contributed by atoms with van der Waals surface area (Å²) in [6, 6.07) is 18.2. The van der Waals surface area contributed by atoms with Crippen molar-refractivity contribution in [2.45, 2.75) is 32.9 Å². The van der Waals surface area contributed by atoms with Crippen LogP contribution in [-0.4, -0.2) is 22.0 Å². The molecule has 3 aromatic rings. The number of benzene rings is 2. The molecule has 1 atom stereocenters. The van der Waals surface area contributed by atoms with Crippen molar-refractivity contribution in [2.75, 3.05) is 6.54 Å². The van der Waals surface area contributed by atoms with Crippen LogP contribution in [0.3, 0.4) is 0 Å². The Hall–Kier alpha value is -3.08. The first-order chi connectivity index (χ1) is 14.0. The zero-order valence-corrected chi connectivity index (χ0v) is 16.8. The third-order valence-corrected chi connectivity index (χ3v) is 5.41. The van der Waals surface area contributed by atoms with E-state index in [1.165, 1.54) is 12.1 Å². The summed E-state index contributed by atoms with van der Waals surface area (Å²) in [4.78, 5) is 15.1. The number of hydrogen-bond acceptors (Lipinski definition) is 1. The van der Waals surface area contributed by atoms with Gasteiger partial charge in [-0.05, 0) is 53.8 Å². The van der Waals surface area contributed by atoms with E-state index in [0.717, 1.165) is 28.9 Å². The summed E-state index contributed by atoms with van der Waals surface area (Å²) in [7, 11) is 0. The van der Waals surface area contributed by atoms with Crippen LogP contribution in [0.2, 0.25) is 0 Å². The Balaban J connectivity index is 1.78. The SMILES string of the molecule is CC(C)CCNC(=O)N1Cc2ccccc2-n2cccc2[C@@H]1c1ccc(F)cc1. The number of urea groups is 1. The van der Waals surface area contributed by atoms with Gasteiger partial charge in [-0.2, -0.15) is 0 Å². The summed E-state index contributed by atoms with van der Waals surface area (Å²) in [5.74, 6) is 0.235. The predicted octanol–water partition coefficient (Wildman–Crippen LogP) is 5.28. The molecule has 0 saturated heterocycles. The molecule has 2 aromatic carbocycles. The van der Waals surface area contributed by atoms with Gasteiger partial charge >= 0.3 is 6.03 Å². The summed E-state index contributed by atoms with van der Waals surface area (Å²) in [6.45, 7) is 5.39. The zero-order chi connectivity index (χ0) is 20.4. The molecule has 1 aliphatic rings. The van der Waals surface area contributed by atoms with Crippen LogP contribution in [0.4, 0.5) is 9.18 Å². The maximum Gasteiger partial charge on any atom is 0.318 e. The maximum atomic E-state index is 13.6. The van der Waals surface area contributed by atoms with Crippen molar-refractivity contribution in [3.05, 3.63) is 89.5 Å². The number of amides is 2. The van der Waals surface area contributed by atoms with Crippen molar-refractivity contribution in [3.63, 3.8) is 0 Å². The summed E-state index contributed by atoms with van der Waals surface area (Å²) in [5.41, 5.74) is 4.02. The van der Waals surface area contributed by atoms with E-state index in [2.05, 4.69) is 35.9 Å². The maximum absolute atomic E-state index is 13.6. The molecule has 0 aliphatic carbocycles. The Morgan fingerprint density at radius 3 is 2.62 bits per heavy atom. The highest BCUT2D eigenvalue weighted by atomic mass is 19.1. The summed E-state index contributed by atoms with van der Waals surface area (Å²) >= 11 is 0. The second-order valence-corrected chi connectivity index (χ2v) is 7.93. The van der Waals surface area contributed by atoms with Crippen molar-refractivity contribution in [3.8, 4) is 5.69 Å². The van der Waals surface area contributed by atoms with Crippen molar-refractivity contribution in [1.82, 2.24) is 14.8 Å². The van der Waals surface area contributed by atoms with Crippen LogP contribution in [0.1, 0.15) is 43.1 Å². The normalized spacial score (nSPS) is 15.6. The second kappa shape index (κ2) is 8.11. The number of nitrogens with zero attached hydrogens (tertiary/aromatic N) is 2. The number of nitrogens with one attached hydrogen (secondary N) is 1. The zero-order valence-electron chi connectivity index (χ0n) is 16.8. The average Bonchev–Trinajstić information content (AvgIpc) is 3.13. The van der Waals surface area contributed by atoms with Crippen molar-refractivity contribution < 1.29 is 9.18 Å². The minimum Gasteiger partial charge on any atom is -0.338 e. The predicted molar refractivity (Wildman–Crippen MR) is 112 cm³/mol. The molecule has 0 fully saturated rings. The molecule has 0 saturated carbocycles. The highest BCUT2D eigenvalue weighted by Crippen LogP contribution is 2.36. The Morgan fingerprint density at radius 1 is 1.10 bits per heavy atom. The molecule has 0 unspecified atom stereocenters. The van der Waals surface area contributed by atoms with Crippen molar-refractivity contribution in [1.29, 1.82) is 0 Å². The lowest BCUT2D eigenvalue weighted by Crippen LogP contribution is -2.42. The van der Waals surface area contributed by atoms with Gasteiger partial charge in [-0.3, -0.25) is 0 Å². The molecule has 0 bridgehead atoms. The van der Waals surface area contributed by atoms with Crippen LogP contribution in [-0.2, 0) is 6.54 Å². The third-order valence-electron chi connectivity index (χ3n) is 5.41. The van der Waals surface area contributed by atoms with Gasteiger partial charge in [-0.25, -0.2) is 9.18 Å². The highest BCUT2D eigenvalue weighted by molar-refractivity contribution is 5.76. The minimum atomic E-state index is -0.308. The van der Waals surface area contributed by atoms with E-state index in [1.54, 1.807) is 12.1 Å². The molecule has 0 spiro atoms. The van der Waals surface area contributed by atoms with E-state index in [0.29, 0.717) is 19.0 Å². The third kappa shape index (κ3) is 3.90. The summed E-state index contributed by atoms with van der Waals surface area (Å²) in [6.07, 6.45) is 2.94. The van der Waals surface area contributed by atoms with Gasteiger partial charge in [-0.15, -0.1) is 0 Å². The molecule has 2 heterocycles. The van der Waals surface area contributed by atoms with Crippen molar-refractivity contribution in [2.24, 2.45) is 5.92 Å². The minimum absolute atomic E-state index is 0.107. The topological polar surface area (TPSA) is 37.3 Å². The van der Waals surface area contributed by atoms with Gasteiger partial charge in [-0.1, -0.05) is 44.2 Å². The number of carbonyl (C=O) groups is 1. The smallest absolute Gasteiger partial charge is 0.318 e. The molecule has 4 nitrogen and oxygen atoms in total. The van der Waals surface area contributed by atoms with E-state index in [9.17, 15) is 9.18 Å². The molecule has 150 valence electrons. The van der Waals surface area contributed by atoms with Gasteiger partial charge in [0.15, 0.2) is 0 Å². The second-order valence-electron chi connectivity index (χ2n) is 7.93. The lowest BCUT2D eigenvalue weighted by atomic mass is 10.0. The Labute approximate surface area is 171 Å². The average molecular weight is 391 g/mol. The quantitative estimate of drug-likeness (QED) is 0.646. The van der Waals surface area contributed by atoms with E-state index < -0.39 is 0 Å². The lowest BCUT2D eigenvalue weighted by Gasteiger charge is -2.31. The fraction of sp³-hybridized carbons (Fsp3) is 0.292. The Bertz CT molecular complexity index is 993. The van der Waals surface area contributed by atoms with E-state index in [1.807, 2.05) is 35.4 Å². The van der Waals surface area contributed by atoms with Crippen LogP contribution >= 0.6 is 0 Å². The highest BCUT2D eigenvalue weighted by Gasteiger charge is 2.32. The van der Waals surface area contributed by atoms with Crippen LogP contribution in [0.25, 0.3) is 5.69 Å². The monoisotopic (exact) mass is 391 g/mol. The number of rotatable bonds is 4. The number of fused-ring (bicyclic) bond motifs is 3. The van der Waals surface area contributed by atoms with E-state index >= 15 is 0 Å². The van der Waals surface area contributed by atoms with Gasteiger partial charge in [0.25, 0.3) is 0 Å². The van der Waals surface area contributed by atoms with Crippen LogP contribution in [0, 0.1) is 11.7 Å². The van der Waals surface area contributed by atoms with Crippen LogP contribution < -0.4 is 5.32 Å². The van der Waals surface area contributed by atoms with Crippen molar-refractivity contribution >= 4 is 6.03 Å². The largest absolute Gasteiger partial charge is 0.338 e. The Kier molecular flexibility index (Phi) is 5.38. The Morgan fingerprint density at radius 2 is 1.86 bits per heavy atom. The molecule has 1 aliphatic heterocycles. The van der Waals surface area contributed by atoms with E-state index in [-0.39, 0.29) is 17.9 Å². The first-order valence-corrected chi connectivity index (χ1v) is 10.1. The molecule has 1 aromatic heterocycles. The van der Waals surface area contributed by atoms with Crippen LogP contribution in [0.5, 0.6) is 0 Å². The number of halogens is 1. The van der Waals surface area contributed by atoms with Crippen LogP contribution in [0.15, 0.2) is 66.9 Å². The standard InChI is InChI=1S/C24H26FN3O/c1-17(2)13-14-26-24(29)28-16-19-6-3-4-7-21(19)27-15-5-8-22(27)23(28)18-9-11-20(25)12-10-18/h3-12,15,17,23H,13-14,16H2,1-2H3,(H,26,29)/t23-/m0/s1. The van der Waals surface area contributed by atoms with Gasteiger partial charge in [0.05, 0.1) is 18.3 Å². The number of hydrogen-bond donors (Lipinski definition) is 1. The molecule has 2 amide bonds. The van der Waals surface area contributed by atoms with Gasteiger partial charge in [0.2, 0.25) is 0 Å². The molecular formula is C24H26FN3O. The number of aromatic nitrogens is 1. The first-order valence-electron chi connectivity index (χ1n) is 10.1. The fourth-order valence-electron chi connectivity index (χ4n) is 3.90. The summed E-state index contributed by atoms with van der Waals surface area (Å²) in [5, 5.41) is 3.08. The first kappa shape index (κ1) is 19.2. The number of carbonyl (C=O) groups excluding carboxylic acids is 1. The van der Waals surface area contributed by atoms with Gasteiger partial charge < -0.3 is 14.8 Å². The molecular weight excluding hydrogens is 365 g/mol. The molecule has 4 rings (SSSR count). The van der Waals surface area contributed by atoms with E-state index in [4.69, 9.17) is 0 Å². The van der Waals surface area contributed by atoms with Gasteiger partial charge in [0, 0.05) is 18.4 Å². The van der Waals surface area contributed by atoms with Gasteiger partial charge in [0.1, 0.15) is 5.82 Å². The molecule has 0 radical (unpaired) electrons. The lowest BCUT2D eigenvalue weighted by molar-refractivity contribution is 0.180. The molecule has 29 heavy (non-hydrogen) atoms.